The Kier molecular flexibility index (Phi) is 15.3. The predicted octanol–water partition coefficient (Wildman–Crippen LogP) is 3.48. The Morgan fingerprint density at radius 2 is 1.13 bits per heavy atom. The van der Waals surface area contributed by atoms with Crippen LogP contribution in [0.5, 0.6) is 0 Å². The molecule has 5 atom stereocenters. The van der Waals surface area contributed by atoms with Crippen molar-refractivity contribution in [1.29, 1.82) is 0 Å². The Morgan fingerprint density at radius 1 is 0.636 bits per heavy atom. The molecule has 0 bridgehead atoms. The van der Waals surface area contributed by atoms with Crippen molar-refractivity contribution in [2.45, 2.75) is 57.1 Å². The minimum Gasteiger partial charge on any atom is -1.00 e. The lowest BCUT2D eigenvalue weighted by Gasteiger charge is -2.46. The molecule has 0 amide bonds. The lowest BCUT2D eigenvalue weighted by atomic mass is 9.97. The summed E-state index contributed by atoms with van der Waals surface area (Å²) in [7, 11) is 0. The number of amidine groups is 1. The van der Waals surface area contributed by atoms with Crippen molar-refractivity contribution >= 4 is 23.2 Å². The van der Waals surface area contributed by atoms with Crippen molar-refractivity contribution in [2.75, 3.05) is 19.7 Å². The molecule has 5 aromatic carbocycles. The summed E-state index contributed by atoms with van der Waals surface area (Å²) in [5.41, 5.74) is 4.96. The normalized spacial score (nSPS) is 20.9. The maximum Gasteiger partial charge on any atom is 0.271 e. The van der Waals surface area contributed by atoms with E-state index in [1.165, 1.54) is 0 Å². The lowest BCUT2D eigenvalue weighted by Crippen LogP contribution is -3.00. The second-order valence-corrected chi connectivity index (χ2v) is 13.7. The summed E-state index contributed by atoms with van der Waals surface area (Å²) >= 11 is 6.33. The average Bonchev–Trinajstić information content (AvgIpc) is 3.74. The highest BCUT2D eigenvalue weighted by Gasteiger charge is 2.50. The third kappa shape index (κ3) is 11.7. The summed E-state index contributed by atoms with van der Waals surface area (Å²) < 4.78 is 40.8. The van der Waals surface area contributed by atoms with Crippen molar-refractivity contribution in [1.82, 2.24) is 5.32 Å². The molecule has 2 N–H and O–H groups in total. The minimum absolute atomic E-state index is 0. The van der Waals surface area contributed by atoms with Crippen LogP contribution < -0.4 is 22.7 Å². The first-order valence-corrected chi connectivity index (χ1v) is 18.8. The van der Waals surface area contributed by atoms with Crippen LogP contribution >= 0.6 is 11.6 Å². The fourth-order valence-electron chi connectivity index (χ4n) is 6.46. The number of rotatable bonds is 17. The molecule has 0 aromatic heterocycles. The van der Waals surface area contributed by atoms with Crippen LogP contribution in [0.2, 0.25) is 5.02 Å². The van der Waals surface area contributed by atoms with Crippen LogP contribution in [0.3, 0.4) is 0 Å². The predicted molar refractivity (Wildman–Crippen MR) is 209 cm³/mol. The van der Waals surface area contributed by atoms with Crippen LogP contribution in [0.4, 0.5) is 0 Å². The highest BCUT2D eigenvalue weighted by molar-refractivity contribution is 6.30. The van der Waals surface area contributed by atoms with Crippen molar-refractivity contribution in [2.24, 2.45) is 0 Å². The molecule has 0 saturated carbocycles. The number of benzene rings is 5. The van der Waals surface area contributed by atoms with E-state index in [-0.39, 0.29) is 19.0 Å². The van der Waals surface area contributed by atoms with Crippen LogP contribution in [-0.4, -0.2) is 56.2 Å². The van der Waals surface area contributed by atoms with Gasteiger partial charge in [-0.15, -0.1) is 0 Å². The van der Waals surface area contributed by atoms with Gasteiger partial charge in [-0.1, -0.05) is 133 Å². The van der Waals surface area contributed by atoms with E-state index in [1.807, 2.05) is 152 Å². The first kappa shape index (κ1) is 40.2. The third-order valence-corrected chi connectivity index (χ3v) is 9.50. The quantitative estimate of drug-likeness (QED) is 0.140. The van der Waals surface area contributed by atoms with Crippen LogP contribution in [0.1, 0.15) is 27.8 Å². The summed E-state index contributed by atoms with van der Waals surface area (Å²) in [6.07, 6.45) is -1.47. The van der Waals surface area contributed by atoms with E-state index in [4.69, 9.17) is 40.0 Å². The molecule has 286 valence electrons. The number of halogens is 2. The Bertz CT molecular complexity index is 1920. The molecule has 5 aromatic rings. The zero-order valence-electron chi connectivity index (χ0n) is 30.5. The van der Waals surface area contributed by atoms with Gasteiger partial charge in [0.2, 0.25) is 6.29 Å². The van der Waals surface area contributed by atoms with E-state index in [9.17, 15) is 0 Å². The van der Waals surface area contributed by atoms with Crippen LogP contribution in [-0.2, 0) is 54.8 Å². The van der Waals surface area contributed by atoms with E-state index in [0.29, 0.717) is 37.2 Å². The van der Waals surface area contributed by atoms with E-state index in [2.05, 4.69) is 10.3 Å². The summed E-state index contributed by atoms with van der Waals surface area (Å²) in [4.78, 5) is 3.39. The Morgan fingerprint density at radius 3 is 1.64 bits per heavy atom. The lowest BCUT2D eigenvalue weighted by molar-refractivity contribution is -0.443. The van der Waals surface area contributed by atoms with Gasteiger partial charge in [0.1, 0.15) is 43.3 Å². The van der Waals surface area contributed by atoms with Crippen molar-refractivity contribution in [3.63, 3.8) is 0 Å². The fraction of sp³-hybridized carbons (Fsp3) is 0.267. The third-order valence-electron chi connectivity index (χ3n) is 9.24. The van der Waals surface area contributed by atoms with E-state index in [1.54, 1.807) is 0 Å². The molecular formula is C45H46Cl2N2O6. The van der Waals surface area contributed by atoms with Crippen LogP contribution in [0.25, 0.3) is 5.76 Å². The van der Waals surface area contributed by atoms with Gasteiger partial charge in [-0.3, -0.25) is 10.3 Å². The Balaban J connectivity index is 0.00000514. The Hall–Kier alpha value is -4.51. The fourth-order valence-corrected chi connectivity index (χ4v) is 6.58. The molecule has 2 heterocycles. The maximum absolute atomic E-state index is 6.95. The molecule has 0 radical (unpaired) electrons. The van der Waals surface area contributed by atoms with Crippen molar-refractivity contribution < 1.29 is 45.8 Å². The molecule has 8 nitrogen and oxygen atoms in total. The molecule has 1 saturated heterocycles. The molecule has 0 unspecified atom stereocenters. The van der Waals surface area contributed by atoms with Crippen molar-refractivity contribution in [3.05, 3.63) is 185 Å². The van der Waals surface area contributed by atoms with Gasteiger partial charge >= 0.3 is 0 Å². The second kappa shape index (κ2) is 21.0. The largest absolute Gasteiger partial charge is 1.00 e. The molecule has 2 aliphatic heterocycles. The van der Waals surface area contributed by atoms with Gasteiger partial charge < -0.3 is 40.8 Å². The molecule has 0 aliphatic carbocycles. The molecule has 0 spiro atoms. The monoisotopic (exact) mass is 780 g/mol. The summed E-state index contributed by atoms with van der Waals surface area (Å²) in [6, 6.07) is 47.9. The number of nitrogens with one attached hydrogen (secondary N) is 2. The van der Waals surface area contributed by atoms with E-state index < -0.39 is 30.7 Å². The molecule has 1 fully saturated rings. The SMILES string of the molecule is Clc1ccc(/C(=C/C2=[NH+]CCN2)O[C@H]2O[C@H](COCc3ccccc3)[C@@H](OCc3ccccc3)[C@H](OCc3ccccc3)[C@H]2OCc2ccccc2)cc1.[Cl-]. The van der Waals surface area contributed by atoms with E-state index in [0.717, 1.165) is 46.7 Å². The Labute approximate surface area is 334 Å². The topological polar surface area (TPSA) is 81.4 Å². The average molecular weight is 782 g/mol. The molecule has 10 heteroatoms. The van der Waals surface area contributed by atoms with Gasteiger partial charge in [-0.05, 0) is 46.5 Å². The molecular weight excluding hydrogens is 735 g/mol. The highest BCUT2D eigenvalue weighted by atomic mass is 35.5. The molecule has 2 aliphatic rings. The highest BCUT2D eigenvalue weighted by Crippen LogP contribution is 2.34. The van der Waals surface area contributed by atoms with Crippen molar-refractivity contribution in [3.8, 4) is 0 Å². The van der Waals surface area contributed by atoms with Crippen LogP contribution in [0, 0.1) is 0 Å². The summed E-state index contributed by atoms with van der Waals surface area (Å²) in [5, 5.41) is 4.02. The summed E-state index contributed by atoms with van der Waals surface area (Å²) in [6.45, 7) is 3.23. The first-order valence-electron chi connectivity index (χ1n) is 18.4. The maximum atomic E-state index is 6.95. The number of hydrogen-bond donors (Lipinski definition) is 2. The smallest absolute Gasteiger partial charge is 0.271 e. The van der Waals surface area contributed by atoms with E-state index >= 15 is 0 Å². The molecule has 7 rings (SSSR count). The first-order chi connectivity index (χ1) is 26.7. The van der Waals surface area contributed by atoms with Gasteiger partial charge in [0, 0.05) is 10.6 Å². The number of hydrogen-bond acceptors (Lipinski definition) is 7. The van der Waals surface area contributed by atoms with Gasteiger partial charge in [0.25, 0.3) is 5.84 Å². The van der Waals surface area contributed by atoms with Gasteiger partial charge in [0.15, 0.2) is 0 Å². The van der Waals surface area contributed by atoms with Gasteiger partial charge in [-0.25, -0.2) is 0 Å². The number of ether oxygens (including phenoxy) is 6. The zero-order chi connectivity index (χ0) is 36.8. The van der Waals surface area contributed by atoms with Gasteiger partial charge in [0.05, 0.1) is 39.1 Å². The van der Waals surface area contributed by atoms with Crippen LogP contribution in [0.15, 0.2) is 152 Å². The molecule has 55 heavy (non-hydrogen) atoms. The standard InChI is InChI=1S/C45H45ClN2O6.ClH/c46-38-23-21-37(22-24-38)39(27-41-47-25-26-48-41)53-45-44(52-31-36-19-11-4-12-20-36)43(51-30-35-17-9-3-10-18-35)42(50-29-34-15-7-2-8-16-34)40(54-45)32-49-28-33-13-5-1-6-14-33;/h1-24,27,40,42-45H,25-26,28-32H2,(H,47,48);1H/b39-27-;/t40-,42-,43+,44-,45+;/m1./s1. The minimum atomic E-state index is -0.916. The zero-order valence-corrected chi connectivity index (χ0v) is 32.0. The van der Waals surface area contributed by atoms with Gasteiger partial charge in [-0.2, -0.15) is 0 Å². The second-order valence-electron chi connectivity index (χ2n) is 13.2. The summed E-state index contributed by atoms with van der Waals surface area (Å²) in [5.74, 6) is 1.43.